The molecule has 0 radical (unpaired) electrons. The second-order valence-corrected chi connectivity index (χ2v) is 6.35. The van der Waals surface area contributed by atoms with Crippen molar-refractivity contribution >= 4 is 16.9 Å². The lowest BCUT2D eigenvalue weighted by atomic mass is 9.99. The Morgan fingerprint density at radius 1 is 1.36 bits per heavy atom. The molecular formula is C18H21NO3. The van der Waals surface area contributed by atoms with E-state index in [0.29, 0.717) is 11.5 Å². The van der Waals surface area contributed by atoms with Gasteiger partial charge in [0.15, 0.2) is 0 Å². The zero-order valence-electron chi connectivity index (χ0n) is 13.1. The fourth-order valence-electron chi connectivity index (χ4n) is 3.17. The van der Waals surface area contributed by atoms with Gasteiger partial charge in [-0.25, -0.2) is 4.79 Å². The Morgan fingerprint density at radius 3 is 2.95 bits per heavy atom. The van der Waals surface area contributed by atoms with Crippen LogP contribution in [0.25, 0.3) is 11.0 Å². The van der Waals surface area contributed by atoms with Crippen molar-refractivity contribution in [2.45, 2.75) is 33.1 Å². The number of likely N-dealkylation sites (tertiary alicyclic amines) is 1. The van der Waals surface area contributed by atoms with Gasteiger partial charge in [-0.2, -0.15) is 0 Å². The fourth-order valence-corrected chi connectivity index (χ4v) is 3.17. The number of rotatable bonds is 2. The lowest BCUT2D eigenvalue weighted by Crippen LogP contribution is -2.40. The number of fused-ring (bicyclic) bond motifs is 1. The quantitative estimate of drug-likeness (QED) is 0.801. The highest BCUT2D eigenvalue weighted by atomic mass is 16.4. The number of aryl methyl sites for hydroxylation is 1. The summed E-state index contributed by atoms with van der Waals surface area (Å²) in [5.74, 6) is 0.650. The van der Waals surface area contributed by atoms with Gasteiger partial charge in [-0.1, -0.05) is 19.1 Å². The van der Waals surface area contributed by atoms with Crippen molar-refractivity contribution in [1.29, 1.82) is 0 Å². The Kier molecular flexibility index (Phi) is 4.01. The first-order chi connectivity index (χ1) is 10.5. The van der Waals surface area contributed by atoms with Crippen LogP contribution in [0.4, 0.5) is 0 Å². The summed E-state index contributed by atoms with van der Waals surface area (Å²) in [6, 6.07) is 7.19. The third-order valence-electron chi connectivity index (χ3n) is 4.34. The van der Waals surface area contributed by atoms with E-state index in [1.807, 2.05) is 30.0 Å². The summed E-state index contributed by atoms with van der Waals surface area (Å²) >= 11 is 0. The van der Waals surface area contributed by atoms with Crippen LogP contribution in [-0.4, -0.2) is 23.9 Å². The second-order valence-electron chi connectivity index (χ2n) is 6.35. The third-order valence-corrected chi connectivity index (χ3v) is 4.34. The number of piperidine rings is 1. The number of amides is 1. The normalized spacial score (nSPS) is 18.6. The maximum absolute atomic E-state index is 12.5. The van der Waals surface area contributed by atoms with Crippen molar-refractivity contribution in [1.82, 2.24) is 4.90 Å². The van der Waals surface area contributed by atoms with Gasteiger partial charge in [0, 0.05) is 24.5 Å². The van der Waals surface area contributed by atoms with E-state index < -0.39 is 5.63 Å². The van der Waals surface area contributed by atoms with Gasteiger partial charge in [-0.3, -0.25) is 4.79 Å². The first-order valence-electron chi connectivity index (χ1n) is 7.84. The van der Waals surface area contributed by atoms with Crippen LogP contribution in [0.3, 0.4) is 0 Å². The number of carbonyl (C=O) groups is 1. The molecule has 0 saturated carbocycles. The topological polar surface area (TPSA) is 50.5 Å². The van der Waals surface area contributed by atoms with Gasteiger partial charge in [0.1, 0.15) is 5.58 Å². The average molecular weight is 299 g/mol. The fraction of sp³-hybridized carbons (Fsp3) is 0.444. The number of hydrogen-bond donors (Lipinski definition) is 0. The van der Waals surface area contributed by atoms with Crippen molar-refractivity contribution in [3.8, 4) is 0 Å². The van der Waals surface area contributed by atoms with Gasteiger partial charge in [-0.15, -0.1) is 0 Å². The smallest absolute Gasteiger partial charge is 0.336 e. The van der Waals surface area contributed by atoms with Crippen molar-refractivity contribution in [3.05, 3.63) is 45.8 Å². The molecule has 0 spiro atoms. The third kappa shape index (κ3) is 3.06. The molecular weight excluding hydrogens is 278 g/mol. The molecule has 22 heavy (non-hydrogen) atoms. The van der Waals surface area contributed by atoms with E-state index in [1.165, 1.54) is 12.5 Å². The molecule has 3 rings (SSSR count). The van der Waals surface area contributed by atoms with Gasteiger partial charge in [0.2, 0.25) is 5.91 Å². The van der Waals surface area contributed by atoms with E-state index in [2.05, 4.69) is 6.92 Å². The molecule has 116 valence electrons. The summed E-state index contributed by atoms with van der Waals surface area (Å²) in [6.07, 6.45) is 2.50. The molecule has 0 aliphatic carbocycles. The Labute approximate surface area is 129 Å². The van der Waals surface area contributed by atoms with Crippen LogP contribution in [0.5, 0.6) is 0 Å². The molecule has 1 aromatic carbocycles. The zero-order valence-corrected chi connectivity index (χ0v) is 13.1. The van der Waals surface area contributed by atoms with Gasteiger partial charge in [0.25, 0.3) is 0 Å². The van der Waals surface area contributed by atoms with Crippen LogP contribution in [0.2, 0.25) is 0 Å². The average Bonchev–Trinajstić information content (AvgIpc) is 2.46. The SMILES string of the molecule is Cc1ccc2c(CC(=O)N3CCC[C@H](C)C3)cc(=O)oc2c1. The van der Waals surface area contributed by atoms with E-state index in [-0.39, 0.29) is 12.3 Å². The number of carbonyl (C=O) groups excluding carboxylic acids is 1. The summed E-state index contributed by atoms with van der Waals surface area (Å²) in [5.41, 5.74) is 1.95. The Morgan fingerprint density at radius 2 is 2.18 bits per heavy atom. The summed E-state index contributed by atoms with van der Waals surface area (Å²) in [7, 11) is 0. The molecule has 2 aromatic rings. The van der Waals surface area contributed by atoms with E-state index in [1.54, 1.807) is 0 Å². The van der Waals surface area contributed by atoms with Crippen molar-refractivity contribution in [3.63, 3.8) is 0 Å². The van der Waals surface area contributed by atoms with Crippen molar-refractivity contribution in [2.24, 2.45) is 5.92 Å². The van der Waals surface area contributed by atoms with Crippen LogP contribution in [0.15, 0.2) is 33.5 Å². The van der Waals surface area contributed by atoms with Crippen LogP contribution < -0.4 is 5.63 Å². The Balaban J connectivity index is 1.90. The Hall–Kier alpha value is -2.10. The molecule has 1 saturated heterocycles. The van der Waals surface area contributed by atoms with Crippen LogP contribution >= 0.6 is 0 Å². The van der Waals surface area contributed by atoms with Crippen LogP contribution in [-0.2, 0) is 11.2 Å². The summed E-state index contributed by atoms with van der Waals surface area (Å²) in [4.78, 5) is 26.2. The van der Waals surface area contributed by atoms with E-state index in [0.717, 1.165) is 36.0 Å². The van der Waals surface area contributed by atoms with Gasteiger partial charge < -0.3 is 9.32 Å². The minimum atomic E-state index is -0.395. The first-order valence-corrected chi connectivity index (χ1v) is 7.84. The predicted molar refractivity (Wildman–Crippen MR) is 85.9 cm³/mol. The van der Waals surface area contributed by atoms with E-state index in [9.17, 15) is 9.59 Å². The molecule has 0 unspecified atom stereocenters. The maximum atomic E-state index is 12.5. The Bertz CT molecular complexity index is 763. The molecule has 2 heterocycles. The summed E-state index contributed by atoms with van der Waals surface area (Å²) in [5, 5.41) is 0.851. The van der Waals surface area contributed by atoms with Crippen LogP contribution in [0, 0.1) is 12.8 Å². The molecule has 1 aliphatic rings. The molecule has 1 amide bonds. The van der Waals surface area contributed by atoms with E-state index in [4.69, 9.17) is 4.42 Å². The molecule has 1 atom stereocenters. The lowest BCUT2D eigenvalue weighted by molar-refractivity contribution is -0.132. The minimum absolute atomic E-state index is 0.0963. The molecule has 4 heteroatoms. The zero-order chi connectivity index (χ0) is 15.7. The molecule has 0 bridgehead atoms. The van der Waals surface area contributed by atoms with Crippen molar-refractivity contribution in [2.75, 3.05) is 13.1 Å². The number of hydrogen-bond acceptors (Lipinski definition) is 3. The highest BCUT2D eigenvalue weighted by Gasteiger charge is 2.21. The van der Waals surface area contributed by atoms with Crippen molar-refractivity contribution < 1.29 is 9.21 Å². The number of benzene rings is 1. The largest absolute Gasteiger partial charge is 0.423 e. The van der Waals surface area contributed by atoms with Gasteiger partial charge in [-0.05, 0) is 42.9 Å². The van der Waals surface area contributed by atoms with E-state index >= 15 is 0 Å². The summed E-state index contributed by atoms with van der Waals surface area (Å²) < 4.78 is 5.25. The molecule has 1 aromatic heterocycles. The molecule has 4 nitrogen and oxygen atoms in total. The number of nitrogens with zero attached hydrogens (tertiary/aromatic N) is 1. The van der Waals surface area contributed by atoms with Gasteiger partial charge >= 0.3 is 5.63 Å². The predicted octanol–water partition coefficient (Wildman–Crippen LogP) is 2.90. The first kappa shape index (κ1) is 14.8. The van der Waals surface area contributed by atoms with Gasteiger partial charge in [0.05, 0.1) is 6.42 Å². The second kappa shape index (κ2) is 5.95. The lowest BCUT2D eigenvalue weighted by Gasteiger charge is -2.31. The standard InChI is InChI=1S/C18H21NO3/c1-12-5-6-15-14(10-18(21)22-16(15)8-12)9-17(20)19-7-3-4-13(2)11-19/h5-6,8,10,13H,3-4,7,9,11H2,1-2H3/t13-/m0/s1. The molecule has 1 fully saturated rings. The maximum Gasteiger partial charge on any atom is 0.336 e. The van der Waals surface area contributed by atoms with Crippen LogP contribution in [0.1, 0.15) is 30.9 Å². The molecule has 1 aliphatic heterocycles. The molecule has 0 N–H and O–H groups in total. The summed E-state index contributed by atoms with van der Waals surface area (Å²) in [6.45, 7) is 5.76. The minimum Gasteiger partial charge on any atom is -0.423 e. The monoisotopic (exact) mass is 299 g/mol. The highest BCUT2D eigenvalue weighted by molar-refractivity contribution is 5.87. The highest BCUT2D eigenvalue weighted by Crippen LogP contribution is 2.21.